The lowest BCUT2D eigenvalue weighted by atomic mass is 9.48. The number of carbonyl (C=O) groups excluding carboxylic acids is 1. The first-order valence-electron chi connectivity index (χ1n) is 13.7. The van der Waals surface area contributed by atoms with Gasteiger partial charge in [0.1, 0.15) is 10.8 Å². The fourth-order valence-corrected chi connectivity index (χ4v) is 8.27. The van der Waals surface area contributed by atoms with Crippen molar-refractivity contribution in [2.45, 2.75) is 57.8 Å². The van der Waals surface area contributed by atoms with E-state index in [2.05, 4.69) is 18.2 Å². The highest BCUT2D eigenvalue weighted by Gasteiger charge is 2.52. The Hall–Kier alpha value is -2.70. The van der Waals surface area contributed by atoms with Crippen molar-refractivity contribution in [3.05, 3.63) is 59.8 Å². The highest BCUT2D eigenvalue weighted by molar-refractivity contribution is 7.18. The minimum absolute atomic E-state index is 0.225. The van der Waals surface area contributed by atoms with Gasteiger partial charge in [0.2, 0.25) is 0 Å². The third-order valence-electron chi connectivity index (χ3n) is 8.52. The molecule has 37 heavy (non-hydrogen) atoms. The van der Waals surface area contributed by atoms with Gasteiger partial charge in [-0.3, -0.25) is 0 Å². The number of rotatable bonds is 9. The summed E-state index contributed by atoms with van der Waals surface area (Å²) in [6.07, 6.45) is 10.1. The minimum atomic E-state index is -0.294. The van der Waals surface area contributed by atoms with Crippen LogP contribution in [0.2, 0.25) is 0 Å². The summed E-state index contributed by atoms with van der Waals surface area (Å²) in [4.78, 5) is 17.9. The maximum absolute atomic E-state index is 12.0. The van der Waals surface area contributed by atoms with Crippen LogP contribution in [0.1, 0.15) is 68.3 Å². The van der Waals surface area contributed by atoms with Crippen molar-refractivity contribution in [1.29, 1.82) is 0 Å². The van der Waals surface area contributed by atoms with Crippen LogP contribution in [-0.4, -0.2) is 31.0 Å². The Morgan fingerprint density at radius 1 is 0.946 bits per heavy atom. The molecule has 4 bridgehead atoms. The zero-order valence-electron chi connectivity index (χ0n) is 21.7. The molecule has 4 saturated carbocycles. The van der Waals surface area contributed by atoms with Crippen LogP contribution >= 0.6 is 11.3 Å². The third-order valence-corrected chi connectivity index (χ3v) is 9.62. The number of ether oxygens (including phenoxy) is 3. The number of aromatic nitrogens is 1. The summed E-state index contributed by atoms with van der Waals surface area (Å²) in [6, 6.07) is 14.2. The monoisotopic (exact) mass is 517 g/mol. The quantitative estimate of drug-likeness (QED) is 0.167. The Balaban J connectivity index is 1.30. The SMILES string of the molecule is CCOCOc1ccc(-c2cnc(-c3ccc(C(=O)OCC)cc3)s2)cc1C12CC3CC(CC(C3)C1)C2. The molecule has 1 heterocycles. The normalized spacial score (nSPS) is 25.8. The molecule has 4 aliphatic rings. The maximum atomic E-state index is 12.0. The van der Waals surface area contributed by atoms with Gasteiger partial charge in [0, 0.05) is 23.9 Å². The van der Waals surface area contributed by atoms with E-state index in [0.29, 0.717) is 25.6 Å². The molecule has 2 aromatic carbocycles. The number of benzene rings is 2. The second kappa shape index (κ2) is 10.2. The predicted octanol–water partition coefficient (Wildman–Crippen LogP) is 7.49. The van der Waals surface area contributed by atoms with E-state index in [-0.39, 0.29) is 11.4 Å². The molecular formula is C31H35NO4S. The second-order valence-corrected chi connectivity index (χ2v) is 12.0. The van der Waals surface area contributed by atoms with Crippen molar-refractivity contribution in [2.24, 2.45) is 17.8 Å². The van der Waals surface area contributed by atoms with Gasteiger partial charge in [-0.2, -0.15) is 0 Å². The average molecular weight is 518 g/mol. The van der Waals surface area contributed by atoms with E-state index in [0.717, 1.165) is 39.0 Å². The van der Waals surface area contributed by atoms with Gasteiger partial charge in [-0.15, -0.1) is 11.3 Å². The first-order valence-corrected chi connectivity index (χ1v) is 14.5. The molecule has 0 aliphatic heterocycles. The lowest BCUT2D eigenvalue weighted by Gasteiger charge is -2.57. The Morgan fingerprint density at radius 3 is 2.27 bits per heavy atom. The van der Waals surface area contributed by atoms with Gasteiger partial charge < -0.3 is 14.2 Å². The summed E-state index contributed by atoms with van der Waals surface area (Å²) in [5.41, 5.74) is 4.36. The van der Waals surface area contributed by atoms with E-state index in [1.165, 1.54) is 49.7 Å². The van der Waals surface area contributed by atoms with Crippen molar-refractivity contribution < 1.29 is 19.0 Å². The molecule has 1 aromatic heterocycles. The van der Waals surface area contributed by atoms with E-state index >= 15 is 0 Å². The minimum Gasteiger partial charge on any atom is -0.467 e. The first kappa shape index (κ1) is 24.6. The number of nitrogens with zero attached hydrogens (tertiary/aromatic N) is 1. The summed E-state index contributed by atoms with van der Waals surface area (Å²) >= 11 is 1.68. The van der Waals surface area contributed by atoms with Gasteiger partial charge in [0.05, 0.1) is 17.0 Å². The van der Waals surface area contributed by atoms with Crippen LogP contribution in [0.25, 0.3) is 21.0 Å². The number of carbonyl (C=O) groups is 1. The van der Waals surface area contributed by atoms with Crippen LogP contribution in [0.5, 0.6) is 5.75 Å². The predicted molar refractivity (Wildman–Crippen MR) is 146 cm³/mol. The van der Waals surface area contributed by atoms with Crippen molar-refractivity contribution in [1.82, 2.24) is 4.98 Å². The van der Waals surface area contributed by atoms with Crippen molar-refractivity contribution in [2.75, 3.05) is 20.0 Å². The Bertz CT molecular complexity index is 1230. The lowest BCUT2D eigenvalue weighted by molar-refractivity contribution is -0.0109. The van der Waals surface area contributed by atoms with E-state index in [9.17, 15) is 4.79 Å². The van der Waals surface area contributed by atoms with Gasteiger partial charge in [0.25, 0.3) is 0 Å². The van der Waals surface area contributed by atoms with E-state index in [1.54, 1.807) is 11.3 Å². The van der Waals surface area contributed by atoms with Gasteiger partial charge in [-0.05, 0) is 111 Å². The molecule has 0 unspecified atom stereocenters. The lowest BCUT2D eigenvalue weighted by Crippen LogP contribution is -2.48. The molecule has 0 N–H and O–H groups in total. The largest absolute Gasteiger partial charge is 0.467 e. The summed E-state index contributed by atoms with van der Waals surface area (Å²) in [6.45, 7) is 5.13. The highest BCUT2D eigenvalue weighted by atomic mass is 32.1. The molecular weight excluding hydrogens is 482 g/mol. The molecule has 4 fully saturated rings. The molecule has 0 saturated heterocycles. The van der Waals surface area contributed by atoms with Crippen LogP contribution in [0.4, 0.5) is 0 Å². The fraction of sp³-hybridized carbons (Fsp3) is 0.484. The average Bonchev–Trinajstić information content (AvgIpc) is 3.39. The zero-order valence-corrected chi connectivity index (χ0v) is 22.5. The van der Waals surface area contributed by atoms with E-state index in [1.807, 2.05) is 44.3 Å². The van der Waals surface area contributed by atoms with Crippen LogP contribution in [-0.2, 0) is 14.9 Å². The molecule has 194 valence electrons. The smallest absolute Gasteiger partial charge is 0.338 e. The third kappa shape index (κ3) is 4.82. The number of hydrogen-bond acceptors (Lipinski definition) is 6. The molecule has 0 radical (unpaired) electrons. The molecule has 5 nitrogen and oxygen atoms in total. The van der Waals surface area contributed by atoms with Crippen molar-refractivity contribution in [3.8, 4) is 26.8 Å². The molecule has 0 atom stereocenters. The van der Waals surface area contributed by atoms with E-state index < -0.39 is 0 Å². The Morgan fingerprint density at radius 2 is 1.62 bits per heavy atom. The fourth-order valence-electron chi connectivity index (χ4n) is 7.36. The molecule has 0 amide bonds. The molecule has 6 heteroatoms. The van der Waals surface area contributed by atoms with Crippen LogP contribution in [0.3, 0.4) is 0 Å². The van der Waals surface area contributed by atoms with Crippen molar-refractivity contribution in [3.63, 3.8) is 0 Å². The maximum Gasteiger partial charge on any atom is 0.338 e. The Labute approximate surface area is 223 Å². The standard InChI is InChI=1S/C31H35NO4S/c1-3-34-19-36-27-10-9-25(14-26(27)31-15-20-11-21(16-31)13-22(12-20)17-31)28-18-32-29(37-28)23-5-7-24(8-6-23)30(33)35-4-2/h5-10,14,18,20-22H,3-4,11-13,15-17,19H2,1-2H3. The van der Waals surface area contributed by atoms with Crippen LogP contribution in [0.15, 0.2) is 48.7 Å². The molecule has 0 spiro atoms. The summed E-state index contributed by atoms with van der Waals surface area (Å²) in [5.74, 6) is 3.28. The number of esters is 1. The first-order chi connectivity index (χ1) is 18.1. The molecule has 7 rings (SSSR count). The topological polar surface area (TPSA) is 57.7 Å². The summed E-state index contributed by atoms with van der Waals surface area (Å²) in [7, 11) is 0. The van der Waals surface area contributed by atoms with Crippen molar-refractivity contribution >= 4 is 17.3 Å². The van der Waals surface area contributed by atoms with Gasteiger partial charge in [0.15, 0.2) is 6.79 Å². The summed E-state index contributed by atoms with van der Waals surface area (Å²) < 4.78 is 16.9. The Kier molecular flexibility index (Phi) is 6.80. The van der Waals surface area contributed by atoms with Gasteiger partial charge in [-0.25, -0.2) is 9.78 Å². The molecule has 4 aliphatic carbocycles. The van der Waals surface area contributed by atoms with Gasteiger partial charge >= 0.3 is 5.97 Å². The van der Waals surface area contributed by atoms with Crippen LogP contribution in [0, 0.1) is 17.8 Å². The summed E-state index contributed by atoms with van der Waals surface area (Å²) in [5, 5.41) is 0.943. The number of hydrogen-bond donors (Lipinski definition) is 0. The van der Waals surface area contributed by atoms with Gasteiger partial charge in [-0.1, -0.05) is 12.1 Å². The highest BCUT2D eigenvalue weighted by Crippen LogP contribution is 2.62. The molecule has 3 aromatic rings. The second-order valence-electron chi connectivity index (χ2n) is 11.0. The van der Waals surface area contributed by atoms with Crippen LogP contribution < -0.4 is 4.74 Å². The zero-order chi connectivity index (χ0) is 25.4. The number of thiazole rings is 1. The van der Waals surface area contributed by atoms with E-state index in [4.69, 9.17) is 19.2 Å².